The van der Waals surface area contributed by atoms with Crippen LogP contribution in [0.2, 0.25) is 0 Å². The number of Topliss-reactive ketones (excluding diaryl/α,β-unsaturated/α-hetero) is 1. The van der Waals surface area contributed by atoms with Crippen molar-refractivity contribution in [1.29, 1.82) is 0 Å². The van der Waals surface area contributed by atoms with Gasteiger partial charge in [0.2, 0.25) is 0 Å². The first-order chi connectivity index (χ1) is 14.9. The Bertz CT molecular complexity index is 1200. The number of nitrogens with zero attached hydrogens (tertiary/aromatic N) is 2. The van der Waals surface area contributed by atoms with E-state index >= 15 is 0 Å². The summed E-state index contributed by atoms with van der Waals surface area (Å²) in [7, 11) is 1.29. The molecule has 2 heterocycles. The largest absolute Gasteiger partial charge is 0.469 e. The SMILES string of the molecule is CCc1nc2sc3c(c2c(=O)n1C(CC(=O)OC)C(=O)c1ccccc1)CCC(C)C3. The maximum atomic E-state index is 13.8. The number of rotatable bonds is 6. The molecule has 0 N–H and O–H groups in total. The molecular weight excluding hydrogens is 412 g/mol. The minimum absolute atomic E-state index is 0.215. The van der Waals surface area contributed by atoms with Gasteiger partial charge in [-0.15, -0.1) is 11.3 Å². The normalized spacial score (nSPS) is 16.7. The number of aromatic nitrogens is 2. The van der Waals surface area contributed by atoms with Gasteiger partial charge in [-0.2, -0.15) is 0 Å². The van der Waals surface area contributed by atoms with Crippen LogP contribution in [-0.2, 0) is 28.8 Å². The van der Waals surface area contributed by atoms with Crippen LogP contribution in [0.25, 0.3) is 10.2 Å². The van der Waals surface area contributed by atoms with Gasteiger partial charge in [-0.25, -0.2) is 4.98 Å². The van der Waals surface area contributed by atoms with E-state index in [4.69, 9.17) is 9.72 Å². The molecule has 31 heavy (non-hydrogen) atoms. The van der Waals surface area contributed by atoms with Gasteiger partial charge >= 0.3 is 5.97 Å². The number of carbonyl (C=O) groups is 2. The Morgan fingerprint density at radius 3 is 2.71 bits per heavy atom. The Morgan fingerprint density at radius 1 is 1.29 bits per heavy atom. The van der Waals surface area contributed by atoms with Crippen molar-refractivity contribution in [2.75, 3.05) is 7.11 Å². The average Bonchev–Trinajstić information content (AvgIpc) is 3.15. The van der Waals surface area contributed by atoms with Gasteiger partial charge in [0.1, 0.15) is 16.7 Å². The summed E-state index contributed by atoms with van der Waals surface area (Å²) in [6.45, 7) is 4.13. The second kappa shape index (κ2) is 8.75. The molecule has 1 aliphatic carbocycles. The number of methoxy groups -OCH3 is 1. The standard InChI is InChI=1S/C24H26N2O4S/c1-4-19-25-23-21(16-11-10-14(2)12-18(16)31-23)24(29)26(19)17(13-20(27)30-3)22(28)15-8-6-5-7-9-15/h5-9,14,17H,4,10-13H2,1-3H3. The van der Waals surface area contributed by atoms with E-state index in [-0.39, 0.29) is 17.8 Å². The summed E-state index contributed by atoms with van der Waals surface area (Å²) in [5, 5.41) is 0.611. The van der Waals surface area contributed by atoms with Crippen molar-refractivity contribution in [3.8, 4) is 0 Å². The smallest absolute Gasteiger partial charge is 0.308 e. The number of carbonyl (C=O) groups excluding carboxylic acids is 2. The van der Waals surface area contributed by atoms with Crippen LogP contribution in [0.3, 0.4) is 0 Å². The second-order valence-corrected chi connectivity index (χ2v) is 9.20. The van der Waals surface area contributed by atoms with Crippen LogP contribution in [0.1, 0.15) is 59.4 Å². The third kappa shape index (κ3) is 3.94. The van der Waals surface area contributed by atoms with Gasteiger partial charge in [-0.1, -0.05) is 44.2 Å². The molecule has 2 unspecified atom stereocenters. The monoisotopic (exact) mass is 438 g/mol. The first-order valence-electron chi connectivity index (χ1n) is 10.7. The highest BCUT2D eigenvalue weighted by Gasteiger charge is 2.31. The van der Waals surface area contributed by atoms with Crippen molar-refractivity contribution in [1.82, 2.24) is 9.55 Å². The van der Waals surface area contributed by atoms with Crippen molar-refractivity contribution in [2.24, 2.45) is 5.92 Å². The number of hydrogen-bond acceptors (Lipinski definition) is 6. The molecule has 3 aromatic rings. The number of aryl methyl sites for hydroxylation is 2. The highest BCUT2D eigenvalue weighted by atomic mass is 32.1. The lowest BCUT2D eigenvalue weighted by Crippen LogP contribution is -2.35. The molecule has 4 rings (SSSR count). The van der Waals surface area contributed by atoms with E-state index in [0.717, 1.165) is 29.7 Å². The molecule has 1 aromatic carbocycles. The molecule has 6 nitrogen and oxygen atoms in total. The lowest BCUT2D eigenvalue weighted by molar-refractivity contribution is -0.141. The van der Waals surface area contributed by atoms with Crippen LogP contribution in [0.4, 0.5) is 0 Å². The molecule has 0 fully saturated rings. The number of benzene rings is 1. The molecule has 0 saturated carbocycles. The molecular formula is C24H26N2O4S. The number of esters is 1. The van der Waals surface area contributed by atoms with Crippen LogP contribution in [0.15, 0.2) is 35.1 Å². The summed E-state index contributed by atoms with van der Waals surface area (Å²) in [4.78, 5) is 46.2. The number of ether oxygens (including phenoxy) is 1. The van der Waals surface area contributed by atoms with E-state index in [1.165, 1.54) is 16.6 Å². The zero-order chi connectivity index (χ0) is 22.1. The molecule has 162 valence electrons. The Balaban J connectivity index is 1.93. The Labute approximate surface area is 184 Å². The fraction of sp³-hybridized carbons (Fsp3) is 0.417. The number of thiophene rings is 1. The fourth-order valence-corrected chi connectivity index (χ4v) is 5.74. The van der Waals surface area contributed by atoms with Crippen molar-refractivity contribution >= 4 is 33.3 Å². The third-order valence-corrected chi connectivity index (χ3v) is 7.16. The van der Waals surface area contributed by atoms with Gasteiger partial charge in [-0.05, 0) is 30.7 Å². The van der Waals surface area contributed by atoms with Crippen LogP contribution in [-0.4, -0.2) is 28.4 Å². The van der Waals surface area contributed by atoms with Crippen molar-refractivity contribution < 1.29 is 14.3 Å². The second-order valence-electron chi connectivity index (χ2n) is 8.11. The molecule has 2 atom stereocenters. The maximum Gasteiger partial charge on any atom is 0.308 e. The van der Waals surface area contributed by atoms with Gasteiger partial charge in [0.15, 0.2) is 5.78 Å². The van der Waals surface area contributed by atoms with Crippen molar-refractivity contribution in [2.45, 2.75) is 52.0 Å². The van der Waals surface area contributed by atoms with Crippen molar-refractivity contribution in [3.63, 3.8) is 0 Å². The Morgan fingerprint density at radius 2 is 2.03 bits per heavy atom. The first kappa shape index (κ1) is 21.4. The van der Waals surface area contributed by atoms with E-state index in [2.05, 4.69) is 6.92 Å². The molecule has 0 bridgehead atoms. The van der Waals surface area contributed by atoms with E-state index in [9.17, 15) is 14.4 Å². The molecule has 0 amide bonds. The van der Waals surface area contributed by atoms with E-state index in [0.29, 0.717) is 29.1 Å². The number of fused-ring (bicyclic) bond motifs is 3. The molecule has 1 aliphatic rings. The Hall–Kier alpha value is -2.80. The zero-order valence-corrected chi connectivity index (χ0v) is 18.8. The van der Waals surface area contributed by atoms with Gasteiger partial charge in [-0.3, -0.25) is 19.0 Å². The van der Waals surface area contributed by atoms with E-state index in [1.807, 2.05) is 13.0 Å². The van der Waals surface area contributed by atoms with Crippen LogP contribution in [0.5, 0.6) is 0 Å². The van der Waals surface area contributed by atoms with Gasteiger partial charge in [0, 0.05) is 16.9 Å². The Kier molecular flexibility index (Phi) is 6.05. The lowest BCUT2D eigenvalue weighted by atomic mass is 9.89. The molecule has 0 saturated heterocycles. The lowest BCUT2D eigenvalue weighted by Gasteiger charge is -2.21. The highest BCUT2D eigenvalue weighted by molar-refractivity contribution is 7.18. The van der Waals surface area contributed by atoms with Crippen molar-refractivity contribution in [3.05, 3.63) is 62.5 Å². The highest BCUT2D eigenvalue weighted by Crippen LogP contribution is 2.36. The summed E-state index contributed by atoms with van der Waals surface area (Å²) < 4.78 is 6.30. The van der Waals surface area contributed by atoms with Gasteiger partial charge in [0.05, 0.1) is 18.9 Å². The third-order valence-electron chi connectivity index (χ3n) is 6.01. The minimum atomic E-state index is -0.993. The van der Waals surface area contributed by atoms with Gasteiger partial charge in [0.25, 0.3) is 5.56 Å². The maximum absolute atomic E-state index is 13.8. The molecule has 0 aliphatic heterocycles. The summed E-state index contributed by atoms with van der Waals surface area (Å²) in [5.41, 5.74) is 1.29. The van der Waals surface area contributed by atoms with Crippen LogP contribution >= 0.6 is 11.3 Å². The topological polar surface area (TPSA) is 78.3 Å². The van der Waals surface area contributed by atoms with Crippen LogP contribution in [0, 0.1) is 5.92 Å². The molecule has 2 aromatic heterocycles. The predicted octanol–water partition coefficient (Wildman–Crippen LogP) is 4.13. The quantitative estimate of drug-likeness (QED) is 0.427. The minimum Gasteiger partial charge on any atom is -0.469 e. The number of hydrogen-bond donors (Lipinski definition) is 0. The molecule has 0 spiro atoms. The predicted molar refractivity (Wildman–Crippen MR) is 121 cm³/mol. The fourth-order valence-electron chi connectivity index (χ4n) is 4.35. The van der Waals surface area contributed by atoms with Crippen LogP contribution < -0.4 is 5.56 Å². The molecule has 7 heteroatoms. The zero-order valence-electron chi connectivity index (χ0n) is 18.0. The first-order valence-corrected chi connectivity index (χ1v) is 11.5. The summed E-state index contributed by atoms with van der Waals surface area (Å²) in [5.74, 6) is 0.272. The van der Waals surface area contributed by atoms with E-state index in [1.54, 1.807) is 35.6 Å². The van der Waals surface area contributed by atoms with Gasteiger partial charge < -0.3 is 4.74 Å². The molecule has 0 radical (unpaired) electrons. The summed E-state index contributed by atoms with van der Waals surface area (Å²) in [6.07, 6.45) is 3.08. The summed E-state index contributed by atoms with van der Waals surface area (Å²) >= 11 is 1.59. The average molecular weight is 439 g/mol. The summed E-state index contributed by atoms with van der Waals surface area (Å²) in [6, 6.07) is 7.76. The van der Waals surface area contributed by atoms with E-state index < -0.39 is 12.0 Å². The number of ketones is 1.